The first-order valence-corrected chi connectivity index (χ1v) is 17.4. The zero-order chi connectivity index (χ0) is 33.0. The van der Waals surface area contributed by atoms with Crippen LogP contribution in [-0.2, 0) is 4.79 Å². The number of halogens is 2. The highest BCUT2D eigenvalue weighted by atomic mass is 32.1. The molecule has 1 saturated carbocycles. The third kappa shape index (κ3) is 5.52. The zero-order valence-electron chi connectivity index (χ0n) is 26.5. The second kappa shape index (κ2) is 12.3. The Labute approximate surface area is 281 Å². The molecular weight excluding hydrogens is 634 g/mol. The lowest BCUT2D eigenvalue weighted by Gasteiger charge is -2.39. The largest absolute Gasteiger partial charge is 0.487 e. The summed E-state index contributed by atoms with van der Waals surface area (Å²) in [5.74, 6) is 1.01. The van der Waals surface area contributed by atoms with Gasteiger partial charge in [-0.2, -0.15) is 14.4 Å². The third-order valence-corrected chi connectivity index (χ3v) is 11.1. The fourth-order valence-electron chi connectivity index (χ4n) is 7.75. The summed E-state index contributed by atoms with van der Waals surface area (Å²) in [6, 6.07) is 11.1. The van der Waals surface area contributed by atoms with Crippen LogP contribution in [0, 0.1) is 11.7 Å². The van der Waals surface area contributed by atoms with E-state index in [-0.39, 0.29) is 47.9 Å². The second-order valence-electron chi connectivity index (χ2n) is 13.3. The molecule has 2 aromatic carbocycles. The number of amides is 1. The molecule has 3 aliphatic heterocycles. The highest BCUT2D eigenvalue weighted by Gasteiger charge is 2.49. The molecule has 3 atom stereocenters. The number of piperazine rings is 1. The molecule has 5 heterocycles. The van der Waals surface area contributed by atoms with Crippen molar-refractivity contribution in [1.29, 1.82) is 0 Å². The molecule has 0 unspecified atom stereocenters. The summed E-state index contributed by atoms with van der Waals surface area (Å²) in [6.45, 7) is 14.2. The van der Waals surface area contributed by atoms with Crippen molar-refractivity contribution < 1.29 is 23.0 Å². The summed E-state index contributed by atoms with van der Waals surface area (Å²) in [5, 5.41) is 1.30. The quantitative estimate of drug-likeness (QED) is 0.154. The highest BCUT2D eigenvalue weighted by molar-refractivity contribution is 7.17. The maximum absolute atomic E-state index is 14.6. The topological polar surface area (TPSA) is 75.4 Å². The van der Waals surface area contributed by atoms with E-state index in [1.54, 1.807) is 11.0 Å². The number of ether oxygens (including phenoxy) is 2. The van der Waals surface area contributed by atoms with Gasteiger partial charge in [0.15, 0.2) is 10.9 Å². The Kier molecular flexibility index (Phi) is 7.92. The number of anilines is 1. The van der Waals surface area contributed by atoms with Crippen molar-refractivity contribution in [2.45, 2.75) is 56.0 Å². The zero-order valence-corrected chi connectivity index (χ0v) is 27.4. The lowest BCUT2D eigenvalue weighted by Crippen LogP contribution is -2.56. The van der Waals surface area contributed by atoms with Gasteiger partial charge in [-0.05, 0) is 68.1 Å². The van der Waals surface area contributed by atoms with Crippen LogP contribution in [0.2, 0.25) is 0 Å². The number of carbonyl (C=O) groups is 1. The van der Waals surface area contributed by atoms with Gasteiger partial charge in [-0.25, -0.2) is 11.0 Å². The Bertz CT molecular complexity index is 1960. The first kappa shape index (κ1) is 31.0. The molecule has 0 N–H and O–H groups in total. The molecular formula is C36H36F2N6O3S. The summed E-state index contributed by atoms with van der Waals surface area (Å²) in [6.07, 6.45) is 4.56. The third-order valence-electron chi connectivity index (χ3n) is 10.2. The number of alkyl halides is 1. The molecule has 0 radical (unpaired) electrons. The monoisotopic (exact) mass is 670 g/mol. The Hall–Kier alpha value is -4.34. The van der Waals surface area contributed by atoms with E-state index in [1.165, 1.54) is 6.08 Å². The average molecular weight is 671 g/mol. The normalized spacial score (nSPS) is 24.2. The molecule has 4 fully saturated rings. The minimum Gasteiger partial charge on any atom is -0.487 e. The molecule has 1 aliphatic carbocycles. The predicted molar refractivity (Wildman–Crippen MR) is 182 cm³/mol. The van der Waals surface area contributed by atoms with Gasteiger partial charge in [-0.15, -0.1) is 11.3 Å². The summed E-state index contributed by atoms with van der Waals surface area (Å²) in [7, 11) is 0. The summed E-state index contributed by atoms with van der Waals surface area (Å²) in [5.41, 5.74) is 1.84. The van der Waals surface area contributed by atoms with E-state index < -0.39 is 6.17 Å². The summed E-state index contributed by atoms with van der Waals surface area (Å²) >= 11 is 1.11. The highest BCUT2D eigenvalue weighted by Crippen LogP contribution is 2.46. The van der Waals surface area contributed by atoms with Crippen LogP contribution in [0.3, 0.4) is 0 Å². The van der Waals surface area contributed by atoms with Crippen LogP contribution < -0.4 is 14.4 Å². The SMILES string of the molecule is [C-]#[N+]C[C@H]1CN(c2nc(OC[C@@]34CCCN3C[C@H](F)C4)nc3c(OC4CC4)c(-c4cccc5sc(F)cc45)ccc23)CCN1C(=O)C=C. The van der Waals surface area contributed by atoms with Crippen LogP contribution in [0.4, 0.5) is 14.6 Å². The number of aromatic nitrogens is 2. The van der Waals surface area contributed by atoms with Crippen molar-refractivity contribution >= 4 is 44.1 Å². The van der Waals surface area contributed by atoms with Gasteiger partial charge in [0.2, 0.25) is 12.5 Å². The smallest absolute Gasteiger partial charge is 0.319 e. The fraction of sp³-hybridized carbons (Fsp3) is 0.444. The number of fused-ring (bicyclic) bond motifs is 3. The molecule has 48 heavy (non-hydrogen) atoms. The van der Waals surface area contributed by atoms with Crippen LogP contribution >= 0.6 is 11.3 Å². The molecule has 0 spiro atoms. The van der Waals surface area contributed by atoms with Crippen molar-refractivity contribution in [3.63, 3.8) is 0 Å². The van der Waals surface area contributed by atoms with E-state index in [9.17, 15) is 13.6 Å². The predicted octanol–water partition coefficient (Wildman–Crippen LogP) is 6.27. The van der Waals surface area contributed by atoms with E-state index in [1.807, 2.05) is 30.3 Å². The first-order valence-electron chi connectivity index (χ1n) is 16.6. The Morgan fingerprint density at radius 3 is 2.83 bits per heavy atom. The molecule has 248 valence electrons. The fourth-order valence-corrected chi connectivity index (χ4v) is 8.56. The van der Waals surface area contributed by atoms with Gasteiger partial charge >= 0.3 is 6.01 Å². The van der Waals surface area contributed by atoms with Gasteiger partial charge in [0.1, 0.15) is 30.2 Å². The molecule has 3 saturated heterocycles. The van der Waals surface area contributed by atoms with E-state index in [0.29, 0.717) is 49.7 Å². The van der Waals surface area contributed by atoms with Gasteiger partial charge in [-0.3, -0.25) is 9.69 Å². The number of carbonyl (C=O) groups excluding carboxylic acids is 1. The Morgan fingerprint density at radius 1 is 1.15 bits per heavy atom. The average Bonchev–Trinajstić information content (AvgIpc) is 3.57. The van der Waals surface area contributed by atoms with Gasteiger partial charge < -0.3 is 24.1 Å². The first-order chi connectivity index (χ1) is 23.4. The summed E-state index contributed by atoms with van der Waals surface area (Å²) in [4.78, 5) is 32.2. The van der Waals surface area contributed by atoms with E-state index in [4.69, 9.17) is 26.0 Å². The molecule has 1 amide bonds. The molecule has 2 aromatic heterocycles. The van der Waals surface area contributed by atoms with Crippen LogP contribution in [0.15, 0.2) is 49.1 Å². The molecule has 4 aliphatic rings. The van der Waals surface area contributed by atoms with Crippen molar-refractivity contribution in [1.82, 2.24) is 19.8 Å². The minimum absolute atomic E-state index is 0.0398. The van der Waals surface area contributed by atoms with Gasteiger partial charge in [0.25, 0.3) is 0 Å². The Balaban J connectivity index is 1.26. The van der Waals surface area contributed by atoms with Crippen molar-refractivity contribution in [3.05, 3.63) is 65.6 Å². The van der Waals surface area contributed by atoms with E-state index in [0.717, 1.165) is 70.2 Å². The van der Waals surface area contributed by atoms with Crippen molar-refractivity contribution in [3.8, 4) is 22.9 Å². The van der Waals surface area contributed by atoms with Gasteiger partial charge in [0, 0.05) is 53.6 Å². The molecule has 12 heteroatoms. The molecule has 8 rings (SSSR count). The number of benzene rings is 2. The number of nitrogens with zero attached hydrogens (tertiary/aromatic N) is 6. The number of rotatable bonds is 9. The van der Waals surface area contributed by atoms with Crippen LogP contribution in [0.25, 0.3) is 37.0 Å². The van der Waals surface area contributed by atoms with Crippen LogP contribution in [0.5, 0.6) is 11.8 Å². The number of thiophene rings is 1. The van der Waals surface area contributed by atoms with E-state index in [2.05, 4.69) is 21.2 Å². The minimum atomic E-state index is -0.887. The molecule has 9 nitrogen and oxygen atoms in total. The maximum atomic E-state index is 14.6. The van der Waals surface area contributed by atoms with Crippen molar-refractivity contribution in [2.24, 2.45) is 0 Å². The number of hydrogen-bond donors (Lipinski definition) is 0. The van der Waals surface area contributed by atoms with Crippen molar-refractivity contribution in [2.75, 3.05) is 50.8 Å². The second-order valence-corrected chi connectivity index (χ2v) is 14.3. The lowest BCUT2D eigenvalue weighted by atomic mass is 9.95. The van der Waals surface area contributed by atoms with E-state index >= 15 is 0 Å². The molecule has 4 aromatic rings. The van der Waals surface area contributed by atoms with Crippen LogP contribution in [0.1, 0.15) is 32.1 Å². The maximum Gasteiger partial charge on any atom is 0.319 e. The standard InChI is InChI=1S/C36H36F2N6O3S/c1-3-31(45)44-15-14-42(20-23(44)18-39-2)34-27-11-10-26(25-6-4-7-29-28(25)16-30(38)48-29)33(47-24-8-9-24)32(27)40-35(41-34)46-21-36-12-5-13-43(36)19-22(37)17-36/h3-4,6-7,10-11,16,22-24H,1,5,8-9,12-15,17-21H2/t22-,23+,36+/m1/s1. The summed E-state index contributed by atoms with van der Waals surface area (Å²) < 4.78 is 43.0. The van der Waals surface area contributed by atoms with Gasteiger partial charge in [0.05, 0.1) is 11.6 Å². The van der Waals surface area contributed by atoms with Crippen LogP contribution in [-0.4, -0.2) is 95.4 Å². The molecule has 0 bridgehead atoms. The lowest BCUT2D eigenvalue weighted by molar-refractivity contribution is -0.128. The Morgan fingerprint density at radius 2 is 2.02 bits per heavy atom. The number of hydrogen-bond acceptors (Lipinski definition) is 8. The van der Waals surface area contributed by atoms with Gasteiger partial charge in [-0.1, -0.05) is 18.7 Å².